The molecule has 17 heavy (non-hydrogen) atoms. The zero-order chi connectivity index (χ0) is 12.4. The Morgan fingerprint density at radius 2 is 2.41 bits per heavy atom. The van der Waals surface area contributed by atoms with Crippen molar-refractivity contribution in [3.8, 4) is 0 Å². The predicted molar refractivity (Wildman–Crippen MR) is 61.1 cm³/mol. The van der Waals surface area contributed by atoms with Crippen molar-refractivity contribution in [3.05, 3.63) is 23.2 Å². The lowest BCUT2D eigenvalue weighted by atomic mass is 10.2. The molecule has 1 unspecified atom stereocenters. The molecule has 1 aromatic heterocycles. The average molecular weight is 239 g/mol. The minimum atomic E-state index is -1.02. The van der Waals surface area contributed by atoms with E-state index in [1.807, 2.05) is 7.05 Å². The molecule has 0 radical (unpaired) electrons. The molecule has 0 aromatic carbocycles. The topological polar surface area (TPSA) is 62.9 Å². The molecule has 0 saturated carbocycles. The smallest absolute Gasteiger partial charge is 0.371 e. The SMILES string of the molecule is Cc1oc(C(=O)O)cc1CN(C)C1CCOC1. The number of likely N-dealkylation sites (N-methyl/N-ethyl adjacent to an activating group) is 1. The molecule has 1 aliphatic rings. The van der Waals surface area contributed by atoms with Crippen LogP contribution in [-0.4, -0.2) is 42.3 Å². The lowest BCUT2D eigenvalue weighted by molar-refractivity contribution is 0.0661. The van der Waals surface area contributed by atoms with Gasteiger partial charge in [0, 0.05) is 24.8 Å². The number of carboxylic acids is 1. The first-order chi connectivity index (χ1) is 8.08. The van der Waals surface area contributed by atoms with E-state index < -0.39 is 5.97 Å². The van der Waals surface area contributed by atoms with Gasteiger partial charge in [-0.25, -0.2) is 4.79 Å². The van der Waals surface area contributed by atoms with E-state index in [1.165, 1.54) is 0 Å². The van der Waals surface area contributed by atoms with Crippen molar-refractivity contribution in [1.29, 1.82) is 0 Å². The van der Waals surface area contributed by atoms with Crippen LogP contribution in [0.5, 0.6) is 0 Å². The average Bonchev–Trinajstić information content (AvgIpc) is 2.88. The summed E-state index contributed by atoms with van der Waals surface area (Å²) in [6.07, 6.45) is 1.03. The Kier molecular flexibility index (Phi) is 3.49. The fraction of sp³-hybridized carbons (Fsp3) is 0.583. The molecule has 2 rings (SSSR count). The second-order valence-corrected chi connectivity index (χ2v) is 4.43. The van der Waals surface area contributed by atoms with Gasteiger partial charge in [0.2, 0.25) is 5.76 Å². The fourth-order valence-electron chi connectivity index (χ4n) is 2.05. The van der Waals surface area contributed by atoms with Gasteiger partial charge in [-0.1, -0.05) is 0 Å². The molecule has 1 saturated heterocycles. The van der Waals surface area contributed by atoms with Crippen molar-refractivity contribution >= 4 is 5.97 Å². The molecule has 1 N–H and O–H groups in total. The molecule has 0 aliphatic carbocycles. The van der Waals surface area contributed by atoms with Gasteiger partial charge in [0.25, 0.3) is 0 Å². The Morgan fingerprint density at radius 1 is 1.65 bits per heavy atom. The van der Waals surface area contributed by atoms with Crippen LogP contribution in [0.15, 0.2) is 10.5 Å². The van der Waals surface area contributed by atoms with Crippen molar-refractivity contribution in [2.45, 2.75) is 25.9 Å². The third kappa shape index (κ3) is 2.68. The first kappa shape index (κ1) is 12.1. The number of rotatable bonds is 4. The summed E-state index contributed by atoms with van der Waals surface area (Å²) in [4.78, 5) is 13.0. The van der Waals surface area contributed by atoms with Gasteiger partial charge in [-0.15, -0.1) is 0 Å². The van der Waals surface area contributed by atoms with E-state index in [0.29, 0.717) is 18.3 Å². The van der Waals surface area contributed by atoms with Crippen LogP contribution in [0.4, 0.5) is 0 Å². The van der Waals surface area contributed by atoms with Crippen molar-refractivity contribution in [2.24, 2.45) is 0 Å². The zero-order valence-corrected chi connectivity index (χ0v) is 10.1. The number of nitrogens with zero attached hydrogens (tertiary/aromatic N) is 1. The van der Waals surface area contributed by atoms with Crippen LogP contribution < -0.4 is 0 Å². The van der Waals surface area contributed by atoms with Gasteiger partial charge in [0.05, 0.1) is 6.61 Å². The maximum absolute atomic E-state index is 10.8. The van der Waals surface area contributed by atoms with Crippen LogP contribution in [0, 0.1) is 6.92 Å². The number of hydrogen-bond acceptors (Lipinski definition) is 4. The first-order valence-corrected chi connectivity index (χ1v) is 5.68. The molecule has 94 valence electrons. The summed E-state index contributed by atoms with van der Waals surface area (Å²) in [5, 5.41) is 8.84. The molecule has 0 spiro atoms. The van der Waals surface area contributed by atoms with Gasteiger partial charge in [0.15, 0.2) is 0 Å². The molecule has 1 fully saturated rings. The summed E-state index contributed by atoms with van der Waals surface area (Å²) >= 11 is 0. The summed E-state index contributed by atoms with van der Waals surface area (Å²) in [5.74, 6) is -0.340. The standard InChI is InChI=1S/C12H17NO4/c1-8-9(5-11(17-8)12(14)15)6-13(2)10-3-4-16-7-10/h5,10H,3-4,6-7H2,1-2H3,(H,14,15). The van der Waals surface area contributed by atoms with E-state index in [-0.39, 0.29) is 5.76 Å². The third-order valence-corrected chi connectivity index (χ3v) is 3.18. The van der Waals surface area contributed by atoms with Crippen LogP contribution in [-0.2, 0) is 11.3 Å². The van der Waals surface area contributed by atoms with Crippen molar-refractivity contribution < 1.29 is 19.1 Å². The lowest BCUT2D eigenvalue weighted by Gasteiger charge is -2.22. The summed E-state index contributed by atoms with van der Waals surface area (Å²) in [5.41, 5.74) is 0.928. The van der Waals surface area contributed by atoms with Crippen molar-refractivity contribution in [3.63, 3.8) is 0 Å². The number of aryl methyl sites for hydroxylation is 1. The Balaban J connectivity index is 2.04. The largest absolute Gasteiger partial charge is 0.475 e. The maximum Gasteiger partial charge on any atom is 0.371 e. The molecule has 1 aromatic rings. The van der Waals surface area contributed by atoms with E-state index in [9.17, 15) is 4.79 Å². The van der Waals surface area contributed by atoms with Gasteiger partial charge < -0.3 is 14.3 Å². The van der Waals surface area contributed by atoms with Crippen molar-refractivity contribution in [1.82, 2.24) is 4.90 Å². The highest BCUT2D eigenvalue weighted by molar-refractivity contribution is 5.84. The predicted octanol–water partition coefficient (Wildman–Crippen LogP) is 1.51. The number of aromatic carboxylic acids is 1. The fourth-order valence-corrected chi connectivity index (χ4v) is 2.05. The van der Waals surface area contributed by atoms with Crippen LogP contribution in [0.25, 0.3) is 0 Å². The number of carboxylic acid groups (broad SMARTS) is 1. The Bertz CT molecular complexity index is 407. The molecule has 2 heterocycles. The molecule has 1 atom stereocenters. The summed E-state index contributed by atoms with van der Waals surface area (Å²) in [7, 11) is 2.02. The number of carbonyl (C=O) groups is 1. The summed E-state index contributed by atoms with van der Waals surface area (Å²) in [6.45, 7) is 4.04. The van der Waals surface area contributed by atoms with Crippen LogP contribution in [0.3, 0.4) is 0 Å². The highest BCUT2D eigenvalue weighted by atomic mass is 16.5. The molecule has 0 amide bonds. The molecule has 0 bridgehead atoms. The minimum absolute atomic E-state index is 0.00794. The maximum atomic E-state index is 10.8. The lowest BCUT2D eigenvalue weighted by Crippen LogP contribution is -2.31. The molecular formula is C12H17NO4. The summed E-state index contributed by atoms with van der Waals surface area (Å²) in [6, 6.07) is 2.02. The van der Waals surface area contributed by atoms with Gasteiger partial charge in [-0.3, -0.25) is 4.90 Å². The van der Waals surface area contributed by atoms with E-state index in [1.54, 1.807) is 13.0 Å². The normalized spacial score (nSPS) is 20.1. The van der Waals surface area contributed by atoms with Gasteiger partial charge >= 0.3 is 5.97 Å². The molecule has 5 heteroatoms. The first-order valence-electron chi connectivity index (χ1n) is 5.68. The number of ether oxygens (including phenoxy) is 1. The quantitative estimate of drug-likeness (QED) is 0.862. The van der Waals surface area contributed by atoms with E-state index in [0.717, 1.165) is 25.2 Å². The summed E-state index contributed by atoms with van der Waals surface area (Å²) < 4.78 is 10.5. The number of hydrogen-bond donors (Lipinski definition) is 1. The minimum Gasteiger partial charge on any atom is -0.475 e. The van der Waals surface area contributed by atoms with Gasteiger partial charge in [-0.2, -0.15) is 0 Å². The van der Waals surface area contributed by atoms with Crippen LogP contribution in [0.1, 0.15) is 28.3 Å². The highest BCUT2D eigenvalue weighted by Gasteiger charge is 2.22. The van der Waals surface area contributed by atoms with Crippen molar-refractivity contribution in [2.75, 3.05) is 20.3 Å². The van der Waals surface area contributed by atoms with Crippen LogP contribution >= 0.6 is 0 Å². The Labute approximate surface area is 100.0 Å². The second kappa shape index (κ2) is 4.89. The van der Waals surface area contributed by atoms with Gasteiger partial charge in [0.1, 0.15) is 5.76 Å². The molecule has 1 aliphatic heterocycles. The van der Waals surface area contributed by atoms with E-state index in [2.05, 4.69) is 4.90 Å². The van der Waals surface area contributed by atoms with Crippen LogP contribution in [0.2, 0.25) is 0 Å². The second-order valence-electron chi connectivity index (χ2n) is 4.43. The number of furan rings is 1. The third-order valence-electron chi connectivity index (χ3n) is 3.18. The monoisotopic (exact) mass is 239 g/mol. The molecular weight excluding hydrogens is 222 g/mol. The Hall–Kier alpha value is -1.33. The van der Waals surface area contributed by atoms with E-state index >= 15 is 0 Å². The Morgan fingerprint density at radius 3 is 2.94 bits per heavy atom. The molecule has 5 nitrogen and oxygen atoms in total. The van der Waals surface area contributed by atoms with E-state index in [4.69, 9.17) is 14.3 Å². The highest BCUT2D eigenvalue weighted by Crippen LogP contribution is 2.19. The zero-order valence-electron chi connectivity index (χ0n) is 10.1. The van der Waals surface area contributed by atoms with Gasteiger partial charge in [-0.05, 0) is 26.5 Å².